The van der Waals surface area contributed by atoms with Crippen LogP contribution in [0.25, 0.3) is 0 Å². The van der Waals surface area contributed by atoms with Crippen molar-refractivity contribution in [2.75, 3.05) is 65.8 Å². The Balaban J connectivity index is 0.00000729. The van der Waals surface area contributed by atoms with E-state index >= 15 is 0 Å². The van der Waals surface area contributed by atoms with E-state index in [9.17, 15) is 0 Å². The van der Waals surface area contributed by atoms with Crippen LogP contribution in [0.1, 0.15) is 60.2 Å². The molecule has 7 nitrogen and oxygen atoms in total. The molecule has 1 unspecified atom stereocenters. The third kappa shape index (κ3) is 15.3. The van der Waals surface area contributed by atoms with E-state index in [1.54, 1.807) is 0 Å². The maximum absolute atomic E-state index is 5.67. The van der Waals surface area contributed by atoms with Gasteiger partial charge in [-0.15, -0.1) is 0 Å². The third-order valence-electron chi connectivity index (χ3n) is 4.63. The van der Waals surface area contributed by atoms with E-state index in [0.717, 1.165) is 65.4 Å². The van der Waals surface area contributed by atoms with Gasteiger partial charge < -0.3 is 19.5 Å². The Morgan fingerprint density at radius 3 is 2.44 bits per heavy atom. The van der Waals surface area contributed by atoms with E-state index in [4.69, 9.17) is 14.2 Å². The number of ether oxygens (including phenoxy) is 3. The fourth-order valence-electron chi connectivity index (χ4n) is 2.87. The van der Waals surface area contributed by atoms with Crippen LogP contribution in [0, 0.1) is 0 Å². The molecule has 0 saturated carbocycles. The first-order chi connectivity index (χ1) is 13.4. The van der Waals surface area contributed by atoms with E-state index < -0.39 is 0 Å². The summed E-state index contributed by atoms with van der Waals surface area (Å²) in [7, 11) is 0. The molecule has 0 bridgehead atoms. The fraction of sp³-hybridized carbons (Fsp3) is 1.00. The molecule has 164 valence electrons. The standard InChI is InChI=1S/C20H44N4O3.H2/c1-3-5-7-8-10-21-11-15-27-18-17-26-14-9-20-19-24(23-22-20)12-16-25-13-6-4-2;/h20-23H,3-19H2,1-2H3;1H. The lowest BCUT2D eigenvalue weighted by molar-refractivity contribution is 0.0459. The SMILES string of the molecule is CCCCCCNCCOCCOCCC1CN(CCOCCCC)NN1.[HH]. The minimum atomic E-state index is 0. The number of unbranched alkanes of at least 4 members (excludes halogenated alkanes) is 4. The molecule has 1 aliphatic heterocycles. The Kier molecular flexibility index (Phi) is 17.5. The highest BCUT2D eigenvalue weighted by atomic mass is 16.5. The second kappa shape index (κ2) is 19.1. The highest BCUT2D eigenvalue weighted by Crippen LogP contribution is 2.01. The molecular formula is C20H46N4O3. The van der Waals surface area contributed by atoms with Crippen molar-refractivity contribution in [3.8, 4) is 0 Å². The molecule has 0 aromatic rings. The predicted molar refractivity (Wildman–Crippen MR) is 113 cm³/mol. The molecule has 0 amide bonds. The minimum absolute atomic E-state index is 0. The first kappa shape index (κ1) is 24.8. The number of hydrogen-bond acceptors (Lipinski definition) is 7. The Bertz CT molecular complexity index is 317. The maximum atomic E-state index is 5.67. The number of nitrogens with one attached hydrogen (secondary N) is 3. The van der Waals surface area contributed by atoms with Crippen LogP contribution >= 0.6 is 0 Å². The van der Waals surface area contributed by atoms with Gasteiger partial charge in [-0.25, -0.2) is 10.4 Å². The lowest BCUT2D eigenvalue weighted by atomic mass is 10.2. The van der Waals surface area contributed by atoms with Crippen molar-refractivity contribution in [3.63, 3.8) is 0 Å². The molecule has 0 aromatic carbocycles. The predicted octanol–water partition coefficient (Wildman–Crippen LogP) is 2.34. The average molecular weight is 391 g/mol. The van der Waals surface area contributed by atoms with E-state index in [0.29, 0.717) is 19.3 Å². The second-order valence-corrected chi connectivity index (χ2v) is 7.19. The van der Waals surface area contributed by atoms with Crippen molar-refractivity contribution in [2.45, 2.75) is 64.8 Å². The zero-order valence-corrected chi connectivity index (χ0v) is 17.8. The highest BCUT2D eigenvalue weighted by Gasteiger charge is 2.20. The minimum Gasteiger partial charge on any atom is -0.380 e. The molecular weight excluding hydrogens is 344 g/mol. The molecule has 1 fully saturated rings. The van der Waals surface area contributed by atoms with Crippen LogP contribution in [-0.2, 0) is 14.2 Å². The van der Waals surface area contributed by atoms with Crippen LogP contribution in [0.2, 0.25) is 0 Å². The number of hydrogen-bond donors (Lipinski definition) is 3. The fourth-order valence-corrected chi connectivity index (χ4v) is 2.87. The smallest absolute Gasteiger partial charge is 0.0701 e. The number of nitrogens with zero attached hydrogens (tertiary/aromatic N) is 1. The van der Waals surface area contributed by atoms with Crippen LogP contribution in [0.5, 0.6) is 0 Å². The quantitative estimate of drug-likeness (QED) is 0.276. The second-order valence-electron chi connectivity index (χ2n) is 7.19. The summed E-state index contributed by atoms with van der Waals surface area (Å²) in [5.41, 5.74) is 6.51. The summed E-state index contributed by atoms with van der Waals surface area (Å²) in [4.78, 5) is 0. The average Bonchev–Trinajstić information content (AvgIpc) is 3.13. The number of rotatable bonds is 20. The van der Waals surface area contributed by atoms with Gasteiger partial charge in [0.05, 0.1) is 26.4 Å². The van der Waals surface area contributed by atoms with Gasteiger partial charge in [0.25, 0.3) is 0 Å². The molecule has 0 aliphatic carbocycles. The summed E-state index contributed by atoms with van der Waals surface area (Å²) in [6, 6.07) is 0.429. The molecule has 27 heavy (non-hydrogen) atoms. The lowest BCUT2D eigenvalue weighted by Crippen LogP contribution is -2.38. The Morgan fingerprint density at radius 2 is 1.63 bits per heavy atom. The van der Waals surface area contributed by atoms with Crippen LogP contribution in [0.4, 0.5) is 0 Å². The first-order valence-corrected chi connectivity index (χ1v) is 11.1. The zero-order valence-electron chi connectivity index (χ0n) is 17.8. The van der Waals surface area contributed by atoms with Gasteiger partial charge in [0.1, 0.15) is 0 Å². The van der Waals surface area contributed by atoms with Crippen LogP contribution in [0.3, 0.4) is 0 Å². The van der Waals surface area contributed by atoms with Crippen molar-refractivity contribution < 1.29 is 15.6 Å². The van der Waals surface area contributed by atoms with Gasteiger partial charge in [-0.05, 0) is 25.8 Å². The molecule has 1 saturated heterocycles. The third-order valence-corrected chi connectivity index (χ3v) is 4.63. The van der Waals surface area contributed by atoms with Crippen molar-refractivity contribution in [3.05, 3.63) is 0 Å². The summed E-state index contributed by atoms with van der Waals surface area (Å²) in [6.45, 7) is 12.9. The molecule has 1 heterocycles. The van der Waals surface area contributed by atoms with Gasteiger partial charge in [-0.3, -0.25) is 0 Å². The van der Waals surface area contributed by atoms with E-state index in [1.165, 1.54) is 32.1 Å². The van der Waals surface area contributed by atoms with Crippen molar-refractivity contribution >= 4 is 0 Å². The van der Waals surface area contributed by atoms with Gasteiger partial charge in [-0.1, -0.05) is 39.5 Å². The van der Waals surface area contributed by atoms with Crippen LogP contribution in [0.15, 0.2) is 0 Å². The summed E-state index contributed by atoms with van der Waals surface area (Å²) < 4.78 is 16.9. The topological polar surface area (TPSA) is 67.0 Å². The summed E-state index contributed by atoms with van der Waals surface area (Å²) in [5.74, 6) is 0. The Hall–Kier alpha value is -0.280. The number of hydrazine groups is 2. The van der Waals surface area contributed by atoms with Gasteiger partial charge in [0, 0.05) is 40.3 Å². The normalized spacial score (nSPS) is 17.8. The monoisotopic (exact) mass is 390 g/mol. The Morgan fingerprint density at radius 1 is 0.852 bits per heavy atom. The lowest BCUT2D eigenvalue weighted by Gasteiger charge is -2.14. The molecule has 3 N–H and O–H groups in total. The van der Waals surface area contributed by atoms with Crippen molar-refractivity contribution in [2.24, 2.45) is 0 Å². The van der Waals surface area contributed by atoms with Crippen LogP contribution < -0.4 is 16.3 Å². The largest absolute Gasteiger partial charge is 0.380 e. The summed E-state index contributed by atoms with van der Waals surface area (Å²) in [5, 5.41) is 5.59. The summed E-state index contributed by atoms with van der Waals surface area (Å²) >= 11 is 0. The summed E-state index contributed by atoms with van der Waals surface area (Å²) in [6.07, 6.45) is 8.56. The zero-order chi connectivity index (χ0) is 19.4. The van der Waals surface area contributed by atoms with Crippen LogP contribution in [-0.4, -0.2) is 76.9 Å². The van der Waals surface area contributed by atoms with Gasteiger partial charge >= 0.3 is 0 Å². The molecule has 7 heteroatoms. The van der Waals surface area contributed by atoms with E-state index in [1.807, 2.05) is 0 Å². The van der Waals surface area contributed by atoms with E-state index in [-0.39, 0.29) is 1.43 Å². The van der Waals surface area contributed by atoms with Gasteiger partial charge in [-0.2, -0.15) is 5.53 Å². The molecule has 1 atom stereocenters. The van der Waals surface area contributed by atoms with Gasteiger partial charge in [0.2, 0.25) is 0 Å². The molecule has 1 rings (SSSR count). The molecule has 0 radical (unpaired) electrons. The van der Waals surface area contributed by atoms with E-state index in [2.05, 4.69) is 35.1 Å². The van der Waals surface area contributed by atoms with Crippen molar-refractivity contribution in [1.82, 2.24) is 21.3 Å². The van der Waals surface area contributed by atoms with Gasteiger partial charge in [0.15, 0.2) is 0 Å². The maximum Gasteiger partial charge on any atom is 0.0701 e. The highest BCUT2D eigenvalue weighted by molar-refractivity contribution is 4.73. The van der Waals surface area contributed by atoms with Crippen molar-refractivity contribution in [1.29, 1.82) is 0 Å². The molecule has 0 spiro atoms. The Labute approximate surface area is 168 Å². The first-order valence-electron chi connectivity index (χ1n) is 11.1. The molecule has 1 aliphatic rings. The molecule has 0 aromatic heterocycles.